The number of aliphatic carboxylic acids is 1. The van der Waals surface area contributed by atoms with Gasteiger partial charge in [-0.05, 0) is 44.9 Å². The zero-order valence-electron chi connectivity index (χ0n) is 12.5. The number of carboxylic acid groups (broad SMARTS) is 1. The van der Waals surface area contributed by atoms with E-state index in [4.69, 9.17) is 16.3 Å². The molecule has 0 amide bonds. The van der Waals surface area contributed by atoms with Crippen LogP contribution in [0.25, 0.3) is 0 Å². The average molecular weight is 312 g/mol. The van der Waals surface area contributed by atoms with E-state index in [0.717, 1.165) is 19.5 Å². The van der Waals surface area contributed by atoms with Crippen LogP contribution in [0.15, 0.2) is 24.3 Å². The zero-order valence-corrected chi connectivity index (χ0v) is 13.2. The molecule has 4 nitrogen and oxygen atoms in total. The molecule has 0 aliphatic carbocycles. The second kappa shape index (κ2) is 7.14. The molecule has 116 valence electrons. The van der Waals surface area contributed by atoms with Gasteiger partial charge in [0.15, 0.2) is 0 Å². The minimum Gasteiger partial charge on any atom is -0.491 e. The summed E-state index contributed by atoms with van der Waals surface area (Å²) in [4.78, 5) is 13.9. The van der Waals surface area contributed by atoms with Crippen molar-refractivity contribution in [1.29, 1.82) is 0 Å². The van der Waals surface area contributed by atoms with Gasteiger partial charge in [-0.1, -0.05) is 23.7 Å². The van der Waals surface area contributed by atoms with Crippen LogP contribution in [0.5, 0.6) is 5.75 Å². The van der Waals surface area contributed by atoms with Gasteiger partial charge in [0.1, 0.15) is 12.4 Å². The summed E-state index contributed by atoms with van der Waals surface area (Å²) in [6, 6.07) is 7.60. The van der Waals surface area contributed by atoms with E-state index in [1.165, 1.54) is 0 Å². The van der Waals surface area contributed by atoms with E-state index in [1.54, 1.807) is 12.1 Å². The van der Waals surface area contributed by atoms with Crippen LogP contribution in [0.1, 0.15) is 20.3 Å². The van der Waals surface area contributed by atoms with Gasteiger partial charge in [0.05, 0.1) is 10.9 Å². The third-order valence-corrected chi connectivity index (χ3v) is 4.44. The zero-order chi connectivity index (χ0) is 15.4. The SMILES string of the molecule is CC(C)N1CCC(C(COc2ccccc2Cl)C(=O)O)C1. The Morgan fingerprint density at radius 2 is 2.19 bits per heavy atom. The number of benzene rings is 1. The van der Waals surface area contributed by atoms with Crippen LogP contribution >= 0.6 is 11.6 Å². The summed E-state index contributed by atoms with van der Waals surface area (Å²) in [6.45, 7) is 6.21. The number of rotatable bonds is 6. The predicted molar refractivity (Wildman–Crippen MR) is 82.9 cm³/mol. The van der Waals surface area contributed by atoms with Crippen LogP contribution in [-0.2, 0) is 4.79 Å². The monoisotopic (exact) mass is 311 g/mol. The predicted octanol–water partition coefficient (Wildman–Crippen LogP) is 3.15. The number of likely N-dealkylation sites (tertiary alicyclic amines) is 1. The van der Waals surface area contributed by atoms with Crippen molar-refractivity contribution in [3.8, 4) is 5.75 Å². The summed E-state index contributed by atoms with van der Waals surface area (Å²) in [7, 11) is 0. The van der Waals surface area contributed by atoms with Gasteiger partial charge in [-0.3, -0.25) is 4.79 Å². The Morgan fingerprint density at radius 1 is 1.48 bits per heavy atom. The highest BCUT2D eigenvalue weighted by atomic mass is 35.5. The Labute approximate surface area is 130 Å². The van der Waals surface area contributed by atoms with Gasteiger partial charge < -0.3 is 14.7 Å². The minimum atomic E-state index is -0.794. The van der Waals surface area contributed by atoms with Crippen molar-refractivity contribution in [2.75, 3.05) is 19.7 Å². The Hall–Kier alpha value is -1.26. The van der Waals surface area contributed by atoms with Crippen molar-refractivity contribution in [3.63, 3.8) is 0 Å². The Kier molecular flexibility index (Phi) is 5.48. The van der Waals surface area contributed by atoms with Crippen molar-refractivity contribution in [1.82, 2.24) is 4.90 Å². The first-order chi connectivity index (χ1) is 9.99. The molecule has 0 spiro atoms. The summed E-state index contributed by atoms with van der Waals surface area (Å²) < 4.78 is 5.64. The Morgan fingerprint density at radius 3 is 2.76 bits per heavy atom. The first-order valence-electron chi connectivity index (χ1n) is 7.33. The maximum atomic E-state index is 11.5. The molecule has 1 aliphatic rings. The number of para-hydroxylation sites is 1. The number of hydrogen-bond donors (Lipinski definition) is 1. The second-order valence-electron chi connectivity index (χ2n) is 5.82. The van der Waals surface area contributed by atoms with Crippen LogP contribution in [0, 0.1) is 11.8 Å². The Bertz CT molecular complexity index is 492. The highest BCUT2D eigenvalue weighted by Crippen LogP contribution is 2.28. The first kappa shape index (κ1) is 16.1. The molecule has 1 aromatic rings. The Balaban J connectivity index is 1.97. The summed E-state index contributed by atoms with van der Waals surface area (Å²) in [5.74, 6) is -0.612. The van der Waals surface area contributed by atoms with E-state index in [-0.39, 0.29) is 12.5 Å². The number of nitrogens with zero attached hydrogens (tertiary/aromatic N) is 1. The number of carboxylic acids is 1. The molecule has 5 heteroatoms. The molecule has 0 radical (unpaired) electrons. The molecular weight excluding hydrogens is 290 g/mol. The lowest BCUT2D eigenvalue weighted by molar-refractivity contribution is -0.144. The summed E-state index contributed by atoms with van der Waals surface area (Å²) in [5, 5.41) is 9.99. The fourth-order valence-corrected chi connectivity index (χ4v) is 2.95. The molecule has 2 rings (SSSR count). The highest BCUT2D eigenvalue weighted by Gasteiger charge is 2.35. The van der Waals surface area contributed by atoms with E-state index in [9.17, 15) is 9.90 Å². The molecule has 0 bridgehead atoms. The van der Waals surface area contributed by atoms with E-state index in [0.29, 0.717) is 16.8 Å². The van der Waals surface area contributed by atoms with Gasteiger partial charge in [0.2, 0.25) is 0 Å². The van der Waals surface area contributed by atoms with Gasteiger partial charge in [-0.25, -0.2) is 0 Å². The fraction of sp³-hybridized carbons (Fsp3) is 0.562. The van der Waals surface area contributed by atoms with E-state index in [2.05, 4.69) is 18.7 Å². The molecule has 1 N–H and O–H groups in total. The molecule has 1 aromatic carbocycles. The van der Waals surface area contributed by atoms with Crippen molar-refractivity contribution < 1.29 is 14.6 Å². The lowest BCUT2D eigenvalue weighted by Crippen LogP contribution is -2.33. The third kappa shape index (κ3) is 4.11. The normalized spacial score (nSPS) is 20.7. The van der Waals surface area contributed by atoms with Crippen molar-refractivity contribution in [2.45, 2.75) is 26.3 Å². The second-order valence-corrected chi connectivity index (χ2v) is 6.23. The van der Waals surface area contributed by atoms with Crippen LogP contribution in [0.2, 0.25) is 5.02 Å². The van der Waals surface area contributed by atoms with Gasteiger partial charge in [-0.15, -0.1) is 0 Å². The maximum absolute atomic E-state index is 11.5. The van der Waals surface area contributed by atoms with Gasteiger partial charge in [-0.2, -0.15) is 0 Å². The molecule has 0 saturated carbocycles. The van der Waals surface area contributed by atoms with Crippen molar-refractivity contribution in [2.24, 2.45) is 11.8 Å². The standard InChI is InChI=1S/C16H22ClNO3/c1-11(2)18-8-7-12(9-18)13(16(19)20)10-21-15-6-4-3-5-14(15)17/h3-6,11-13H,7-10H2,1-2H3,(H,19,20). The third-order valence-electron chi connectivity index (χ3n) is 4.13. The van der Waals surface area contributed by atoms with Crippen LogP contribution in [0.3, 0.4) is 0 Å². The number of ether oxygens (including phenoxy) is 1. The number of hydrogen-bond acceptors (Lipinski definition) is 3. The number of carbonyl (C=O) groups is 1. The molecule has 2 unspecified atom stereocenters. The van der Waals surface area contributed by atoms with Crippen LogP contribution in [-0.4, -0.2) is 41.7 Å². The molecular formula is C16H22ClNO3. The van der Waals surface area contributed by atoms with E-state index in [1.807, 2.05) is 12.1 Å². The topological polar surface area (TPSA) is 49.8 Å². The van der Waals surface area contributed by atoms with E-state index < -0.39 is 11.9 Å². The lowest BCUT2D eigenvalue weighted by atomic mass is 9.92. The summed E-state index contributed by atoms with van der Waals surface area (Å²) in [6.07, 6.45) is 0.904. The highest BCUT2D eigenvalue weighted by molar-refractivity contribution is 6.32. The smallest absolute Gasteiger partial charge is 0.310 e. The van der Waals surface area contributed by atoms with E-state index >= 15 is 0 Å². The summed E-state index contributed by atoms with van der Waals surface area (Å²) in [5.41, 5.74) is 0. The molecule has 0 aromatic heterocycles. The molecule has 1 aliphatic heterocycles. The molecule has 1 saturated heterocycles. The molecule has 1 heterocycles. The van der Waals surface area contributed by atoms with Crippen LogP contribution in [0.4, 0.5) is 0 Å². The average Bonchev–Trinajstić information content (AvgIpc) is 2.90. The van der Waals surface area contributed by atoms with Gasteiger partial charge >= 0.3 is 5.97 Å². The molecule has 2 atom stereocenters. The first-order valence-corrected chi connectivity index (χ1v) is 7.71. The lowest BCUT2D eigenvalue weighted by Gasteiger charge is -2.23. The summed E-state index contributed by atoms with van der Waals surface area (Å²) >= 11 is 6.03. The fourth-order valence-electron chi connectivity index (χ4n) is 2.76. The molecule has 1 fully saturated rings. The minimum absolute atomic E-state index is 0.132. The quantitative estimate of drug-likeness (QED) is 0.877. The van der Waals surface area contributed by atoms with Crippen molar-refractivity contribution in [3.05, 3.63) is 29.3 Å². The van der Waals surface area contributed by atoms with Crippen LogP contribution < -0.4 is 4.74 Å². The van der Waals surface area contributed by atoms with Gasteiger partial charge in [0, 0.05) is 12.6 Å². The molecule has 21 heavy (non-hydrogen) atoms. The van der Waals surface area contributed by atoms with Gasteiger partial charge in [0.25, 0.3) is 0 Å². The largest absolute Gasteiger partial charge is 0.491 e. The maximum Gasteiger partial charge on any atom is 0.310 e. The van der Waals surface area contributed by atoms with Crippen molar-refractivity contribution >= 4 is 17.6 Å². The number of halogens is 1.